The van der Waals surface area contributed by atoms with Gasteiger partial charge in [0.25, 0.3) is 0 Å². The number of ether oxygens (including phenoxy) is 1. The minimum Gasteiger partial charge on any atom is -0.462 e. The summed E-state index contributed by atoms with van der Waals surface area (Å²) in [5, 5.41) is 4.26. The molecule has 1 aromatic carbocycles. The minimum absolute atomic E-state index is 0.0934. The Morgan fingerprint density at radius 1 is 1.19 bits per heavy atom. The number of thiophene rings is 1. The van der Waals surface area contributed by atoms with E-state index in [-0.39, 0.29) is 11.9 Å². The van der Waals surface area contributed by atoms with E-state index in [4.69, 9.17) is 16.3 Å². The number of carbonyl (C=O) groups excluding carboxylic acids is 2. The van der Waals surface area contributed by atoms with Crippen LogP contribution in [0.1, 0.15) is 52.5 Å². The molecule has 1 aromatic heterocycles. The molecule has 0 radical (unpaired) electrons. The zero-order chi connectivity index (χ0) is 18.5. The van der Waals surface area contributed by atoms with E-state index in [1.165, 1.54) is 16.2 Å². The molecule has 138 valence electrons. The van der Waals surface area contributed by atoms with Gasteiger partial charge in [0, 0.05) is 16.3 Å². The summed E-state index contributed by atoms with van der Waals surface area (Å²) >= 11 is 7.40. The van der Waals surface area contributed by atoms with Crippen LogP contribution in [0.15, 0.2) is 24.3 Å². The number of carbonyl (C=O) groups is 2. The molecule has 4 nitrogen and oxygen atoms in total. The van der Waals surface area contributed by atoms with Crippen molar-refractivity contribution in [2.24, 2.45) is 0 Å². The predicted octanol–water partition coefficient (Wildman–Crippen LogP) is 5.03. The van der Waals surface area contributed by atoms with Crippen LogP contribution < -0.4 is 5.32 Å². The zero-order valence-corrected chi connectivity index (χ0v) is 16.3. The van der Waals surface area contributed by atoms with Gasteiger partial charge in [-0.15, -0.1) is 11.3 Å². The maximum atomic E-state index is 12.4. The molecule has 1 amide bonds. The number of aryl methyl sites for hydroxylation is 2. The number of hydrogen-bond acceptors (Lipinski definition) is 4. The van der Waals surface area contributed by atoms with E-state index in [1.807, 2.05) is 24.3 Å². The summed E-state index contributed by atoms with van der Waals surface area (Å²) in [4.78, 5) is 26.0. The monoisotopic (exact) mass is 391 g/mol. The average Bonchev–Trinajstić information content (AvgIpc) is 2.99. The molecule has 0 unspecified atom stereocenters. The third-order valence-corrected chi connectivity index (χ3v) is 5.92. The maximum absolute atomic E-state index is 12.4. The molecule has 0 saturated carbocycles. The first-order valence-electron chi connectivity index (χ1n) is 8.94. The molecular weight excluding hydrogens is 370 g/mol. The van der Waals surface area contributed by atoms with Gasteiger partial charge >= 0.3 is 5.97 Å². The van der Waals surface area contributed by atoms with Crippen LogP contribution in [0, 0.1) is 0 Å². The van der Waals surface area contributed by atoms with E-state index in [9.17, 15) is 9.59 Å². The number of nitrogens with one attached hydrogen (secondary N) is 1. The zero-order valence-electron chi connectivity index (χ0n) is 14.8. The standard InChI is InChI=1S/C20H22ClNO3S/c1-2-25-20(24)18-15-5-3-4-6-16(15)26-19(18)22-17(23)12-9-13-7-10-14(21)11-8-13/h7-8,10-11H,2-6,9,12H2,1H3,(H,22,23). The van der Waals surface area contributed by atoms with E-state index < -0.39 is 0 Å². The van der Waals surface area contributed by atoms with E-state index in [2.05, 4.69) is 5.32 Å². The van der Waals surface area contributed by atoms with Crippen molar-refractivity contribution in [3.63, 3.8) is 0 Å². The van der Waals surface area contributed by atoms with Gasteiger partial charge in [0.15, 0.2) is 0 Å². The molecular formula is C20H22ClNO3S. The average molecular weight is 392 g/mol. The van der Waals surface area contributed by atoms with Gasteiger partial charge in [-0.05, 0) is 62.3 Å². The predicted molar refractivity (Wildman–Crippen MR) is 105 cm³/mol. The fourth-order valence-electron chi connectivity index (χ4n) is 3.17. The summed E-state index contributed by atoms with van der Waals surface area (Å²) in [6, 6.07) is 7.48. The Labute approximate surface area is 162 Å². The number of anilines is 1. The molecule has 3 rings (SSSR count). The first-order chi connectivity index (χ1) is 12.6. The summed E-state index contributed by atoms with van der Waals surface area (Å²) in [6.07, 6.45) is 5.02. The van der Waals surface area contributed by atoms with Crippen LogP contribution >= 0.6 is 22.9 Å². The Kier molecular flexibility index (Phi) is 6.33. The van der Waals surface area contributed by atoms with Crippen molar-refractivity contribution in [1.29, 1.82) is 0 Å². The summed E-state index contributed by atoms with van der Waals surface area (Å²) in [5.41, 5.74) is 2.68. The highest BCUT2D eigenvalue weighted by Gasteiger charge is 2.27. The molecule has 1 aliphatic rings. The minimum atomic E-state index is -0.333. The Hall–Kier alpha value is -1.85. The number of halogens is 1. The second-order valence-corrected chi connectivity index (χ2v) is 7.85. The van der Waals surface area contributed by atoms with Crippen molar-refractivity contribution in [2.45, 2.75) is 45.4 Å². The number of fused-ring (bicyclic) bond motifs is 1. The Balaban J connectivity index is 1.71. The lowest BCUT2D eigenvalue weighted by atomic mass is 9.95. The molecule has 1 aliphatic carbocycles. The highest BCUT2D eigenvalue weighted by atomic mass is 35.5. The van der Waals surface area contributed by atoms with Crippen LogP contribution in [-0.4, -0.2) is 18.5 Å². The first kappa shape index (κ1) is 18.9. The third-order valence-electron chi connectivity index (χ3n) is 4.46. The molecule has 1 heterocycles. The topological polar surface area (TPSA) is 55.4 Å². The smallest absolute Gasteiger partial charge is 0.341 e. The Morgan fingerprint density at radius 2 is 1.92 bits per heavy atom. The number of benzene rings is 1. The third kappa shape index (κ3) is 4.46. The van der Waals surface area contributed by atoms with Crippen molar-refractivity contribution < 1.29 is 14.3 Å². The summed E-state index contributed by atoms with van der Waals surface area (Å²) in [5.74, 6) is -0.427. The van der Waals surface area contributed by atoms with Gasteiger partial charge < -0.3 is 10.1 Å². The van der Waals surface area contributed by atoms with Crippen molar-refractivity contribution in [3.8, 4) is 0 Å². The summed E-state index contributed by atoms with van der Waals surface area (Å²) < 4.78 is 5.22. The fourth-order valence-corrected chi connectivity index (χ4v) is 4.59. The maximum Gasteiger partial charge on any atom is 0.341 e. The summed E-state index contributed by atoms with van der Waals surface area (Å²) in [6.45, 7) is 2.12. The van der Waals surface area contributed by atoms with Crippen molar-refractivity contribution in [3.05, 3.63) is 50.9 Å². The van der Waals surface area contributed by atoms with E-state index in [0.717, 1.165) is 36.8 Å². The second-order valence-electron chi connectivity index (χ2n) is 6.31. The number of esters is 1. The lowest BCUT2D eigenvalue weighted by Crippen LogP contribution is -2.16. The van der Waals surface area contributed by atoms with Crippen LogP contribution in [0.3, 0.4) is 0 Å². The van der Waals surface area contributed by atoms with Crippen molar-refractivity contribution >= 4 is 39.8 Å². The quantitative estimate of drug-likeness (QED) is 0.702. The van der Waals surface area contributed by atoms with Crippen LogP contribution in [0.25, 0.3) is 0 Å². The van der Waals surface area contributed by atoms with Gasteiger partial charge in [-0.25, -0.2) is 4.79 Å². The van der Waals surface area contributed by atoms with Gasteiger partial charge in [-0.1, -0.05) is 23.7 Å². The van der Waals surface area contributed by atoms with Gasteiger partial charge in [0.1, 0.15) is 5.00 Å². The molecule has 1 N–H and O–H groups in total. The van der Waals surface area contributed by atoms with Gasteiger partial charge in [0.05, 0.1) is 12.2 Å². The van der Waals surface area contributed by atoms with Crippen LogP contribution in [0.4, 0.5) is 5.00 Å². The fraction of sp³-hybridized carbons (Fsp3) is 0.400. The van der Waals surface area contributed by atoms with E-state index in [0.29, 0.717) is 35.0 Å². The number of hydrogen-bond donors (Lipinski definition) is 1. The van der Waals surface area contributed by atoms with E-state index >= 15 is 0 Å². The highest BCUT2D eigenvalue weighted by molar-refractivity contribution is 7.17. The Bertz CT molecular complexity index is 798. The molecule has 0 spiro atoms. The highest BCUT2D eigenvalue weighted by Crippen LogP contribution is 2.38. The molecule has 0 fully saturated rings. The molecule has 0 saturated heterocycles. The van der Waals surface area contributed by atoms with Gasteiger partial charge in [-0.2, -0.15) is 0 Å². The molecule has 6 heteroatoms. The van der Waals surface area contributed by atoms with Gasteiger partial charge in [0.2, 0.25) is 5.91 Å². The molecule has 0 atom stereocenters. The van der Waals surface area contributed by atoms with Crippen molar-refractivity contribution in [2.75, 3.05) is 11.9 Å². The van der Waals surface area contributed by atoms with Gasteiger partial charge in [-0.3, -0.25) is 4.79 Å². The molecule has 0 bridgehead atoms. The lowest BCUT2D eigenvalue weighted by Gasteiger charge is -2.12. The first-order valence-corrected chi connectivity index (χ1v) is 10.1. The second kappa shape index (κ2) is 8.69. The molecule has 0 aliphatic heterocycles. The summed E-state index contributed by atoms with van der Waals surface area (Å²) in [7, 11) is 0. The largest absolute Gasteiger partial charge is 0.462 e. The Morgan fingerprint density at radius 3 is 2.65 bits per heavy atom. The molecule has 26 heavy (non-hydrogen) atoms. The lowest BCUT2D eigenvalue weighted by molar-refractivity contribution is -0.116. The van der Waals surface area contributed by atoms with Crippen LogP contribution in [0.2, 0.25) is 5.02 Å². The number of amides is 1. The SMILES string of the molecule is CCOC(=O)c1c(NC(=O)CCc2ccc(Cl)cc2)sc2c1CCCC2. The van der Waals surface area contributed by atoms with Crippen molar-refractivity contribution in [1.82, 2.24) is 0 Å². The van der Waals surface area contributed by atoms with E-state index in [1.54, 1.807) is 6.92 Å². The number of rotatable bonds is 6. The van der Waals surface area contributed by atoms with Crippen LogP contribution in [-0.2, 0) is 28.8 Å². The molecule has 2 aromatic rings. The normalized spacial score (nSPS) is 13.2. The van der Waals surface area contributed by atoms with Crippen LogP contribution in [0.5, 0.6) is 0 Å².